The van der Waals surface area contributed by atoms with E-state index in [-0.39, 0.29) is 0 Å². The van der Waals surface area contributed by atoms with Crippen LogP contribution in [0.2, 0.25) is 0 Å². The lowest BCUT2D eigenvalue weighted by Gasteiger charge is -2.07. The maximum atomic E-state index is 5.60. The Hall–Kier alpha value is -1.33. The maximum Gasteiger partial charge on any atom is 0.220 e. The number of halogens is 1. The molecule has 84 valence electrons. The second-order valence-electron chi connectivity index (χ2n) is 3.27. The summed E-state index contributed by atoms with van der Waals surface area (Å²) < 4.78 is 8.06. The van der Waals surface area contributed by atoms with Crippen LogP contribution in [0, 0.1) is 0 Å². The summed E-state index contributed by atoms with van der Waals surface area (Å²) in [7, 11) is 1.62. The van der Waals surface area contributed by atoms with Crippen LogP contribution in [0.1, 0.15) is 5.56 Å². The molecule has 5 heteroatoms. The molecule has 0 spiro atoms. The van der Waals surface area contributed by atoms with Gasteiger partial charge in [0.25, 0.3) is 0 Å². The van der Waals surface area contributed by atoms with Gasteiger partial charge in [-0.15, -0.1) is 0 Å². The molecule has 2 N–H and O–H groups in total. The van der Waals surface area contributed by atoms with E-state index in [0.29, 0.717) is 12.4 Å². The van der Waals surface area contributed by atoms with E-state index in [2.05, 4.69) is 21.0 Å². The molecule has 0 fully saturated rings. The van der Waals surface area contributed by atoms with Crippen LogP contribution in [0.3, 0.4) is 0 Å². The topological polar surface area (TPSA) is 53.1 Å². The Morgan fingerprint density at radius 2 is 2.06 bits per heavy atom. The molecule has 0 saturated heterocycles. The number of methoxy groups -OCH3 is 1. The van der Waals surface area contributed by atoms with E-state index in [1.807, 2.05) is 24.3 Å². The first-order chi connectivity index (χ1) is 7.76. The van der Waals surface area contributed by atoms with Gasteiger partial charge in [0.1, 0.15) is 0 Å². The molecule has 0 aliphatic rings. The number of rotatable bonds is 3. The molecule has 1 aromatic carbocycles. The Morgan fingerprint density at radius 1 is 1.38 bits per heavy atom. The first kappa shape index (κ1) is 11.2. The van der Waals surface area contributed by atoms with Crippen molar-refractivity contribution in [2.45, 2.75) is 6.54 Å². The summed E-state index contributed by atoms with van der Waals surface area (Å²) in [5.41, 5.74) is 7.44. The maximum absolute atomic E-state index is 5.60. The fraction of sp³-hybridized carbons (Fsp3) is 0.182. The summed E-state index contributed by atoms with van der Waals surface area (Å²) in [5.74, 6) is 0.685. The normalized spacial score (nSPS) is 10.4. The number of hydrogen-bond acceptors (Lipinski definition) is 3. The van der Waals surface area contributed by atoms with Crippen molar-refractivity contribution in [3.63, 3.8) is 0 Å². The van der Waals surface area contributed by atoms with Crippen molar-refractivity contribution in [3.8, 4) is 11.6 Å². The lowest BCUT2D eigenvalue weighted by molar-refractivity contribution is 0.379. The van der Waals surface area contributed by atoms with Crippen molar-refractivity contribution in [3.05, 3.63) is 40.5 Å². The quantitative estimate of drug-likeness (QED) is 0.938. The zero-order chi connectivity index (χ0) is 11.5. The summed E-state index contributed by atoms with van der Waals surface area (Å²) in [4.78, 5) is 0. The van der Waals surface area contributed by atoms with Crippen molar-refractivity contribution >= 4 is 15.9 Å². The molecule has 0 bridgehead atoms. The number of nitrogens with two attached hydrogens (primary N) is 1. The van der Waals surface area contributed by atoms with Crippen LogP contribution < -0.4 is 10.5 Å². The molecule has 2 aromatic rings. The first-order valence-electron chi connectivity index (χ1n) is 4.83. The number of benzene rings is 1. The summed E-state index contributed by atoms with van der Waals surface area (Å²) in [5, 5.41) is 4.25. The van der Waals surface area contributed by atoms with Gasteiger partial charge in [-0.3, -0.25) is 0 Å². The smallest absolute Gasteiger partial charge is 0.220 e. The molecule has 1 heterocycles. The summed E-state index contributed by atoms with van der Waals surface area (Å²) >= 11 is 3.39. The highest BCUT2D eigenvalue weighted by molar-refractivity contribution is 9.10. The van der Waals surface area contributed by atoms with Gasteiger partial charge in [0.05, 0.1) is 19.0 Å². The van der Waals surface area contributed by atoms with Crippen molar-refractivity contribution in [2.75, 3.05) is 7.11 Å². The van der Waals surface area contributed by atoms with Crippen LogP contribution in [-0.4, -0.2) is 16.9 Å². The van der Waals surface area contributed by atoms with E-state index in [1.54, 1.807) is 18.0 Å². The Morgan fingerprint density at radius 3 is 2.62 bits per heavy atom. The largest absolute Gasteiger partial charge is 0.481 e. The minimum atomic E-state index is 0.416. The van der Waals surface area contributed by atoms with Gasteiger partial charge in [-0.1, -0.05) is 15.9 Å². The lowest BCUT2D eigenvalue weighted by Crippen LogP contribution is -2.02. The number of hydrogen-bond donors (Lipinski definition) is 1. The highest BCUT2D eigenvalue weighted by atomic mass is 79.9. The molecule has 1 aromatic heterocycles. The van der Waals surface area contributed by atoms with Crippen molar-refractivity contribution in [2.24, 2.45) is 5.73 Å². The Labute approximate surface area is 102 Å². The predicted molar refractivity (Wildman–Crippen MR) is 65.7 cm³/mol. The van der Waals surface area contributed by atoms with Gasteiger partial charge in [0.2, 0.25) is 5.88 Å². The third-order valence-corrected chi connectivity index (χ3v) is 2.81. The molecule has 4 nitrogen and oxygen atoms in total. The molecule has 0 aliphatic carbocycles. The van der Waals surface area contributed by atoms with Crippen LogP contribution in [0.25, 0.3) is 5.69 Å². The van der Waals surface area contributed by atoms with Gasteiger partial charge in [-0.2, -0.15) is 5.10 Å². The summed E-state index contributed by atoms with van der Waals surface area (Å²) in [6.07, 6.45) is 1.72. The molecular formula is C11H12BrN3O. The van der Waals surface area contributed by atoms with E-state index in [1.165, 1.54) is 0 Å². The van der Waals surface area contributed by atoms with Gasteiger partial charge in [-0.05, 0) is 24.3 Å². The number of ether oxygens (including phenoxy) is 1. The van der Waals surface area contributed by atoms with Crippen molar-refractivity contribution in [1.82, 2.24) is 9.78 Å². The van der Waals surface area contributed by atoms with E-state index >= 15 is 0 Å². The van der Waals surface area contributed by atoms with Gasteiger partial charge < -0.3 is 10.5 Å². The molecule has 0 saturated carbocycles. The standard InChI is InChI=1S/C11H12BrN3O/c1-16-11-8(6-13)7-14-15(11)10-4-2-9(12)3-5-10/h2-5,7H,6,13H2,1H3. The highest BCUT2D eigenvalue weighted by Gasteiger charge is 2.10. The number of nitrogens with zero attached hydrogens (tertiary/aromatic N) is 2. The van der Waals surface area contributed by atoms with Gasteiger partial charge >= 0.3 is 0 Å². The van der Waals surface area contributed by atoms with Gasteiger partial charge in [0, 0.05) is 16.6 Å². The van der Waals surface area contributed by atoms with E-state index in [0.717, 1.165) is 15.7 Å². The first-order valence-corrected chi connectivity index (χ1v) is 5.62. The fourth-order valence-electron chi connectivity index (χ4n) is 1.49. The molecule has 16 heavy (non-hydrogen) atoms. The third-order valence-electron chi connectivity index (χ3n) is 2.28. The Kier molecular flexibility index (Phi) is 3.26. The molecule has 2 rings (SSSR count). The summed E-state index contributed by atoms with van der Waals surface area (Å²) in [6.45, 7) is 0.416. The van der Waals surface area contributed by atoms with Crippen LogP contribution in [0.15, 0.2) is 34.9 Å². The third kappa shape index (κ3) is 1.96. The molecule has 0 radical (unpaired) electrons. The van der Waals surface area contributed by atoms with E-state index in [9.17, 15) is 0 Å². The molecule has 0 unspecified atom stereocenters. The van der Waals surface area contributed by atoms with Crippen LogP contribution in [-0.2, 0) is 6.54 Å². The zero-order valence-electron chi connectivity index (χ0n) is 8.85. The van der Waals surface area contributed by atoms with Gasteiger partial charge in [-0.25, -0.2) is 4.68 Å². The summed E-state index contributed by atoms with van der Waals surface area (Å²) in [6, 6.07) is 7.83. The van der Waals surface area contributed by atoms with E-state index in [4.69, 9.17) is 10.5 Å². The van der Waals surface area contributed by atoms with Crippen LogP contribution in [0.4, 0.5) is 0 Å². The minimum absolute atomic E-state index is 0.416. The highest BCUT2D eigenvalue weighted by Crippen LogP contribution is 2.22. The van der Waals surface area contributed by atoms with Crippen molar-refractivity contribution in [1.29, 1.82) is 0 Å². The second kappa shape index (κ2) is 4.67. The average molecular weight is 282 g/mol. The van der Waals surface area contributed by atoms with Gasteiger partial charge in [0.15, 0.2) is 0 Å². The lowest BCUT2D eigenvalue weighted by atomic mass is 10.3. The minimum Gasteiger partial charge on any atom is -0.481 e. The van der Waals surface area contributed by atoms with Crippen molar-refractivity contribution < 1.29 is 4.74 Å². The number of aromatic nitrogens is 2. The Bertz CT molecular complexity index is 478. The fourth-order valence-corrected chi connectivity index (χ4v) is 1.76. The monoisotopic (exact) mass is 281 g/mol. The molecule has 0 atom stereocenters. The average Bonchev–Trinajstić information content (AvgIpc) is 2.72. The zero-order valence-corrected chi connectivity index (χ0v) is 10.4. The van der Waals surface area contributed by atoms with E-state index < -0.39 is 0 Å². The molecule has 0 amide bonds. The van der Waals surface area contributed by atoms with Crippen LogP contribution in [0.5, 0.6) is 5.88 Å². The SMILES string of the molecule is COc1c(CN)cnn1-c1ccc(Br)cc1. The van der Waals surface area contributed by atoms with Crippen LogP contribution >= 0.6 is 15.9 Å². The molecular weight excluding hydrogens is 270 g/mol. The Balaban J connectivity index is 2.47. The predicted octanol–water partition coefficient (Wildman–Crippen LogP) is 2.10. The molecule has 0 aliphatic heterocycles. The second-order valence-corrected chi connectivity index (χ2v) is 4.19.